The molecule has 1 N–H and O–H groups in total. The maximum Gasteiger partial charge on any atom is 0.137 e. The summed E-state index contributed by atoms with van der Waals surface area (Å²) in [7, 11) is 0. The van der Waals surface area contributed by atoms with Crippen LogP contribution in [0, 0.1) is 0 Å². The molecule has 2 aliphatic carbocycles. The molecule has 3 rings (SSSR count). The first-order valence-corrected chi connectivity index (χ1v) is 4.92. The molecule has 0 saturated heterocycles. The van der Waals surface area contributed by atoms with Crippen LogP contribution in [-0.2, 0) is 17.6 Å². The third-order valence-corrected chi connectivity index (χ3v) is 2.98. The van der Waals surface area contributed by atoms with Gasteiger partial charge in [0.1, 0.15) is 5.78 Å². The van der Waals surface area contributed by atoms with Crippen LogP contribution in [0.25, 0.3) is 0 Å². The number of nitrogens with zero attached hydrogens (tertiary/aromatic N) is 1. The van der Waals surface area contributed by atoms with Crippen LogP contribution in [-0.4, -0.2) is 16.0 Å². The molecule has 0 spiro atoms. The highest BCUT2D eigenvalue weighted by molar-refractivity contribution is 5.83. The van der Waals surface area contributed by atoms with Crippen molar-refractivity contribution in [2.24, 2.45) is 0 Å². The molecule has 0 radical (unpaired) electrons. The first-order chi connectivity index (χ1) is 6.34. The molecule has 3 heteroatoms. The van der Waals surface area contributed by atoms with Crippen LogP contribution < -0.4 is 0 Å². The van der Waals surface area contributed by atoms with Crippen molar-refractivity contribution in [2.75, 3.05) is 0 Å². The molecule has 1 saturated carbocycles. The summed E-state index contributed by atoms with van der Waals surface area (Å²) in [5.74, 6) is 1.03. The van der Waals surface area contributed by atoms with E-state index < -0.39 is 0 Å². The van der Waals surface area contributed by atoms with Gasteiger partial charge in [-0.25, -0.2) is 0 Å². The van der Waals surface area contributed by atoms with Crippen molar-refractivity contribution in [1.82, 2.24) is 10.2 Å². The molecule has 0 unspecified atom stereocenters. The standard InChI is InChI=1S/C10H12N2O/c13-7-3-4-9-8(5-7)10(12-11-9)6-1-2-6/h6H,1-5H2,(H,11,12). The second-order valence-corrected chi connectivity index (χ2v) is 4.06. The molecule has 2 aliphatic rings. The first-order valence-electron chi connectivity index (χ1n) is 4.92. The van der Waals surface area contributed by atoms with Gasteiger partial charge in [0.05, 0.1) is 5.69 Å². The summed E-state index contributed by atoms with van der Waals surface area (Å²) in [6.07, 6.45) is 4.70. The second-order valence-electron chi connectivity index (χ2n) is 4.06. The minimum absolute atomic E-state index is 0.371. The Morgan fingerprint density at radius 3 is 2.92 bits per heavy atom. The van der Waals surface area contributed by atoms with Gasteiger partial charge in [0.2, 0.25) is 0 Å². The number of aromatic nitrogens is 2. The lowest BCUT2D eigenvalue weighted by atomic mass is 9.94. The van der Waals surface area contributed by atoms with Gasteiger partial charge in [-0.05, 0) is 19.3 Å². The molecule has 0 bridgehead atoms. The highest BCUT2D eigenvalue weighted by Gasteiger charge is 2.32. The first kappa shape index (κ1) is 7.30. The Kier molecular flexibility index (Phi) is 1.37. The number of hydrogen-bond donors (Lipinski definition) is 1. The van der Waals surface area contributed by atoms with E-state index in [1.165, 1.54) is 29.8 Å². The van der Waals surface area contributed by atoms with Crippen molar-refractivity contribution in [3.8, 4) is 0 Å². The van der Waals surface area contributed by atoms with E-state index in [9.17, 15) is 4.79 Å². The van der Waals surface area contributed by atoms with Crippen molar-refractivity contribution in [2.45, 2.75) is 38.0 Å². The van der Waals surface area contributed by atoms with Gasteiger partial charge < -0.3 is 0 Å². The lowest BCUT2D eigenvalue weighted by Crippen LogP contribution is -2.13. The van der Waals surface area contributed by atoms with Gasteiger partial charge in [0.15, 0.2) is 0 Å². The average Bonchev–Trinajstić information content (AvgIpc) is 2.87. The number of rotatable bonds is 1. The number of carbonyl (C=O) groups is 1. The highest BCUT2D eigenvalue weighted by atomic mass is 16.1. The number of Topliss-reactive ketones (excluding diaryl/α,β-unsaturated/α-hetero) is 1. The molecule has 68 valence electrons. The van der Waals surface area contributed by atoms with E-state index in [0.29, 0.717) is 24.5 Å². The summed E-state index contributed by atoms with van der Waals surface area (Å²) in [5.41, 5.74) is 3.61. The highest BCUT2D eigenvalue weighted by Crippen LogP contribution is 2.42. The van der Waals surface area contributed by atoms with E-state index in [1.54, 1.807) is 0 Å². The number of carbonyl (C=O) groups excluding carboxylic acids is 1. The second kappa shape index (κ2) is 2.44. The van der Waals surface area contributed by atoms with E-state index >= 15 is 0 Å². The lowest BCUT2D eigenvalue weighted by Gasteiger charge is -2.09. The molecular weight excluding hydrogens is 164 g/mol. The molecule has 1 fully saturated rings. The van der Waals surface area contributed by atoms with E-state index in [1.807, 2.05) is 0 Å². The lowest BCUT2D eigenvalue weighted by molar-refractivity contribution is -0.118. The van der Waals surface area contributed by atoms with Crippen molar-refractivity contribution >= 4 is 5.78 Å². The van der Waals surface area contributed by atoms with E-state index in [0.717, 1.165) is 6.42 Å². The van der Waals surface area contributed by atoms with Crippen LogP contribution >= 0.6 is 0 Å². The van der Waals surface area contributed by atoms with Crippen LogP contribution in [0.2, 0.25) is 0 Å². The van der Waals surface area contributed by atoms with E-state index in [2.05, 4.69) is 10.2 Å². The molecule has 3 nitrogen and oxygen atoms in total. The fraction of sp³-hybridized carbons (Fsp3) is 0.600. The van der Waals surface area contributed by atoms with Crippen molar-refractivity contribution in [1.29, 1.82) is 0 Å². The molecule has 1 aromatic heterocycles. The average molecular weight is 176 g/mol. The molecule has 1 aromatic rings. The number of aromatic amines is 1. The van der Waals surface area contributed by atoms with Crippen molar-refractivity contribution in [3.63, 3.8) is 0 Å². The Labute approximate surface area is 76.5 Å². The molecule has 0 amide bonds. The minimum Gasteiger partial charge on any atom is -0.299 e. The minimum atomic E-state index is 0.371. The van der Waals surface area contributed by atoms with Crippen LogP contribution in [0.5, 0.6) is 0 Å². The number of nitrogens with one attached hydrogen (secondary N) is 1. The Morgan fingerprint density at radius 1 is 1.31 bits per heavy atom. The third kappa shape index (κ3) is 1.10. The molecule has 1 heterocycles. The number of aryl methyl sites for hydroxylation is 1. The van der Waals surface area contributed by atoms with E-state index in [4.69, 9.17) is 0 Å². The monoisotopic (exact) mass is 176 g/mol. The van der Waals surface area contributed by atoms with E-state index in [-0.39, 0.29) is 0 Å². The van der Waals surface area contributed by atoms with Gasteiger partial charge in [0, 0.05) is 30.0 Å². The van der Waals surface area contributed by atoms with Crippen molar-refractivity contribution < 1.29 is 4.79 Å². The largest absolute Gasteiger partial charge is 0.299 e. The Bertz CT molecular complexity index is 363. The number of ketones is 1. The zero-order valence-corrected chi connectivity index (χ0v) is 7.47. The normalized spacial score (nSPS) is 21.7. The molecule has 13 heavy (non-hydrogen) atoms. The zero-order valence-electron chi connectivity index (χ0n) is 7.47. The predicted molar refractivity (Wildman–Crippen MR) is 47.6 cm³/mol. The van der Waals surface area contributed by atoms with Crippen molar-refractivity contribution in [3.05, 3.63) is 17.0 Å². The summed E-state index contributed by atoms with van der Waals surface area (Å²) in [5, 5.41) is 7.38. The topological polar surface area (TPSA) is 45.8 Å². The predicted octanol–water partition coefficient (Wildman–Crippen LogP) is 1.34. The Hall–Kier alpha value is -1.12. The Balaban J connectivity index is 2.03. The number of fused-ring (bicyclic) bond motifs is 1. The van der Waals surface area contributed by atoms with Gasteiger partial charge in [-0.3, -0.25) is 9.89 Å². The quantitative estimate of drug-likeness (QED) is 0.702. The molecular formula is C10H12N2O. The van der Waals surface area contributed by atoms with Gasteiger partial charge >= 0.3 is 0 Å². The third-order valence-electron chi connectivity index (χ3n) is 2.98. The zero-order chi connectivity index (χ0) is 8.84. The van der Waals surface area contributed by atoms with Crippen LogP contribution in [0.15, 0.2) is 0 Å². The summed E-state index contributed by atoms with van der Waals surface area (Å²) in [4.78, 5) is 11.3. The van der Waals surface area contributed by atoms with Gasteiger partial charge in [0.25, 0.3) is 0 Å². The van der Waals surface area contributed by atoms with Crippen LogP contribution in [0.1, 0.15) is 42.1 Å². The van der Waals surface area contributed by atoms with Crippen LogP contribution in [0.3, 0.4) is 0 Å². The maximum atomic E-state index is 11.3. The van der Waals surface area contributed by atoms with Gasteiger partial charge in [-0.1, -0.05) is 0 Å². The fourth-order valence-corrected chi connectivity index (χ4v) is 2.07. The SMILES string of the molecule is O=C1CCc2[nH]nc(C3CC3)c2C1. The molecule has 0 aliphatic heterocycles. The van der Waals surface area contributed by atoms with Crippen LogP contribution in [0.4, 0.5) is 0 Å². The number of H-pyrrole nitrogens is 1. The van der Waals surface area contributed by atoms with Gasteiger partial charge in [-0.2, -0.15) is 5.10 Å². The molecule has 0 aromatic carbocycles. The number of hydrogen-bond acceptors (Lipinski definition) is 2. The molecule has 0 atom stereocenters. The summed E-state index contributed by atoms with van der Waals surface area (Å²) in [6.45, 7) is 0. The van der Waals surface area contributed by atoms with Gasteiger partial charge in [-0.15, -0.1) is 0 Å². The summed E-state index contributed by atoms with van der Waals surface area (Å²) < 4.78 is 0. The summed E-state index contributed by atoms with van der Waals surface area (Å²) in [6, 6.07) is 0. The smallest absolute Gasteiger partial charge is 0.137 e. The Morgan fingerprint density at radius 2 is 2.15 bits per heavy atom. The fourth-order valence-electron chi connectivity index (χ4n) is 2.07. The summed E-state index contributed by atoms with van der Waals surface area (Å²) >= 11 is 0. The maximum absolute atomic E-state index is 11.3.